The van der Waals surface area contributed by atoms with E-state index in [0.717, 1.165) is 4.88 Å². The zero-order valence-corrected chi connectivity index (χ0v) is 14.0. The highest BCUT2D eigenvalue weighted by Gasteiger charge is 2.16. The zero-order valence-electron chi connectivity index (χ0n) is 13.2. The van der Waals surface area contributed by atoms with Gasteiger partial charge in [0.1, 0.15) is 11.3 Å². The van der Waals surface area contributed by atoms with Gasteiger partial charge in [-0.15, -0.1) is 11.3 Å². The fraction of sp³-hybridized carbons (Fsp3) is 0.0556. The van der Waals surface area contributed by atoms with Crippen LogP contribution in [0.3, 0.4) is 0 Å². The second kappa shape index (κ2) is 5.71. The van der Waals surface area contributed by atoms with Gasteiger partial charge in [0.25, 0.3) is 0 Å². The Labute approximate surface area is 146 Å². The summed E-state index contributed by atoms with van der Waals surface area (Å²) < 4.78 is 5.15. The first kappa shape index (κ1) is 15.3. The lowest BCUT2D eigenvalue weighted by Gasteiger charge is -2.10. The molecule has 1 aromatic carbocycles. The molecule has 3 aromatic heterocycles. The molecule has 0 saturated carbocycles. The highest BCUT2D eigenvalue weighted by molar-refractivity contribution is 7.13. The highest BCUT2D eigenvalue weighted by Crippen LogP contribution is 2.37. The molecule has 0 aliphatic rings. The van der Waals surface area contributed by atoms with E-state index >= 15 is 0 Å². The summed E-state index contributed by atoms with van der Waals surface area (Å²) in [5.74, 6) is 0.116. The molecule has 3 heterocycles. The minimum atomic E-state index is -0.455. The molecule has 3 N–H and O–H groups in total. The van der Waals surface area contributed by atoms with Gasteiger partial charge < -0.3 is 15.3 Å². The quantitative estimate of drug-likeness (QED) is 0.535. The number of aryl methyl sites for hydroxylation is 1. The third-order valence-electron chi connectivity index (χ3n) is 3.87. The van der Waals surface area contributed by atoms with E-state index in [1.54, 1.807) is 36.5 Å². The Hall–Kier alpha value is -3.19. The Kier molecular flexibility index (Phi) is 3.51. The molecule has 0 spiro atoms. The number of phenols is 1. The summed E-state index contributed by atoms with van der Waals surface area (Å²) in [5, 5.41) is 13.2. The number of fused-ring (bicyclic) bond motifs is 1. The number of aromatic nitrogens is 2. The molecule has 0 atom stereocenters. The van der Waals surface area contributed by atoms with Crippen LogP contribution in [0, 0.1) is 6.92 Å². The molecule has 0 fully saturated rings. The molecule has 6 nitrogen and oxygen atoms in total. The number of anilines is 1. The summed E-state index contributed by atoms with van der Waals surface area (Å²) in [5.41, 5.74) is 8.04. The first-order valence-corrected chi connectivity index (χ1v) is 8.36. The van der Waals surface area contributed by atoms with Crippen molar-refractivity contribution in [2.75, 3.05) is 5.73 Å². The average molecular weight is 351 g/mol. The van der Waals surface area contributed by atoms with E-state index < -0.39 is 5.63 Å². The second-order valence-electron chi connectivity index (χ2n) is 5.56. The van der Waals surface area contributed by atoms with Crippen molar-refractivity contribution in [1.82, 2.24) is 9.97 Å². The lowest BCUT2D eigenvalue weighted by molar-refractivity contribution is 0.480. The second-order valence-corrected chi connectivity index (χ2v) is 6.50. The third kappa shape index (κ3) is 2.64. The molecule has 0 bridgehead atoms. The number of nitrogens with zero attached hydrogens (tertiary/aromatic N) is 2. The molecular weight excluding hydrogens is 338 g/mol. The smallest absolute Gasteiger partial charge is 0.336 e. The number of aromatic hydroxyl groups is 1. The van der Waals surface area contributed by atoms with Crippen molar-refractivity contribution in [2.45, 2.75) is 6.92 Å². The van der Waals surface area contributed by atoms with Crippen molar-refractivity contribution < 1.29 is 9.52 Å². The van der Waals surface area contributed by atoms with Crippen LogP contribution in [0.5, 0.6) is 5.75 Å². The predicted molar refractivity (Wildman–Crippen MR) is 97.6 cm³/mol. The molecular formula is C18H13N3O3S. The van der Waals surface area contributed by atoms with Gasteiger partial charge in [-0.05, 0) is 42.1 Å². The number of rotatable bonds is 2. The molecule has 0 aliphatic carbocycles. The highest BCUT2D eigenvalue weighted by atomic mass is 32.1. The van der Waals surface area contributed by atoms with E-state index in [9.17, 15) is 9.90 Å². The molecule has 4 aromatic rings. The Morgan fingerprint density at radius 1 is 1.16 bits per heavy atom. The van der Waals surface area contributed by atoms with E-state index in [2.05, 4.69) is 9.97 Å². The normalized spacial score (nSPS) is 11.1. The summed E-state index contributed by atoms with van der Waals surface area (Å²) in [6.07, 6.45) is 0. The van der Waals surface area contributed by atoms with Crippen LogP contribution in [0.1, 0.15) is 5.56 Å². The van der Waals surface area contributed by atoms with Crippen molar-refractivity contribution in [3.63, 3.8) is 0 Å². The first-order chi connectivity index (χ1) is 12.0. The molecule has 0 saturated heterocycles. The van der Waals surface area contributed by atoms with Crippen molar-refractivity contribution in [3.05, 3.63) is 57.8 Å². The van der Waals surface area contributed by atoms with E-state index in [4.69, 9.17) is 10.2 Å². The number of nitrogen functional groups attached to an aromatic ring is 1. The van der Waals surface area contributed by atoms with Gasteiger partial charge in [0.2, 0.25) is 5.95 Å². The van der Waals surface area contributed by atoms with Gasteiger partial charge in [0.15, 0.2) is 0 Å². The standard InChI is InChI=1S/C18H13N3O3S/c1-9-7-15(22)24-13-5-4-10(17(23)16(9)13)11-8-12(21-18(19)20-11)14-3-2-6-25-14/h2-8,23H,1H3,(H2,19,20,21). The Bertz CT molecular complexity index is 1150. The van der Waals surface area contributed by atoms with Crippen molar-refractivity contribution in [2.24, 2.45) is 0 Å². The maximum absolute atomic E-state index is 11.5. The summed E-state index contributed by atoms with van der Waals surface area (Å²) in [6.45, 7) is 1.74. The van der Waals surface area contributed by atoms with Crippen LogP contribution in [0.2, 0.25) is 0 Å². The van der Waals surface area contributed by atoms with Crippen LogP contribution in [0.4, 0.5) is 5.95 Å². The molecule has 7 heteroatoms. The fourth-order valence-electron chi connectivity index (χ4n) is 2.79. The molecule has 0 amide bonds. The number of hydrogen-bond donors (Lipinski definition) is 2. The van der Waals surface area contributed by atoms with E-state index in [1.165, 1.54) is 6.07 Å². The molecule has 0 aliphatic heterocycles. The first-order valence-electron chi connectivity index (χ1n) is 7.48. The van der Waals surface area contributed by atoms with Crippen molar-refractivity contribution in [1.29, 1.82) is 0 Å². The minimum Gasteiger partial charge on any atom is -0.506 e. The Balaban J connectivity index is 1.96. The summed E-state index contributed by atoms with van der Waals surface area (Å²) in [6, 6.07) is 10.3. The molecule has 0 radical (unpaired) electrons. The van der Waals surface area contributed by atoms with Gasteiger partial charge in [0.05, 0.1) is 21.7 Å². The van der Waals surface area contributed by atoms with Crippen molar-refractivity contribution >= 4 is 28.3 Å². The van der Waals surface area contributed by atoms with Gasteiger partial charge in [0, 0.05) is 11.6 Å². The Morgan fingerprint density at radius 2 is 1.96 bits per heavy atom. The minimum absolute atomic E-state index is 0.00557. The molecule has 0 unspecified atom stereocenters. The van der Waals surface area contributed by atoms with Crippen LogP contribution >= 0.6 is 11.3 Å². The maximum atomic E-state index is 11.5. The largest absolute Gasteiger partial charge is 0.506 e. The van der Waals surface area contributed by atoms with Crippen LogP contribution in [-0.4, -0.2) is 15.1 Å². The Morgan fingerprint density at radius 3 is 2.72 bits per heavy atom. The molecule has 25 heavy (non-hydrogen) atoms. The van der Waals surface area contributed by atoms with Gasteiger partial charge >= 0.3 is 5.63 Å². The SMILES string of the molecule is Cc1cc(=O)oc2ccc(-c3cc(-c4cccs4)nc(N)n3)c(O)c12. The van der Waals surface area contributed by atoms with Gasteiger partial charge in [-0.1, -0.05) is 6.07 Å². The zero-order chi connectivity index (χ0) is 17.6. The van der Waals surface area contributed by atoms with Crippen LogP contribution in [-0.2, 0) is 0 Å². The van der Waals surface area contributed by atoms with Gasteiger partial charge in [-0.25, -0.2) is 14.8 Å². The van der Waals surface area contributed by atoms with Crippen LogP contribution in [0.25, 0.3) is 32.8 Å². The third-order valence-corrected chi connectivity index (χ3v) is 4.76. The number of nitrogens with two attached hydrogens (primary N) is 1. The summed E-state index contributed by atoms with van der Waals surface area (Å²) in [7, 11) is 0. The van der Waals surface area contributed by atoms with E-state index in [-0.39, 0.29) is 11.7 Å². The monoisotopic (exact) mass is 351 g/mol. The maximum Gasteiger partial charge on any atom is 0.336 e. The van der Waals surface area contributed by atoms with E-state index in [0.29, 0.717) is 33.5 Å². The lowest BCUT2D eigenvalue weighted by Crippen LogP contribution is -2.00. The average Bonchev–Trinajstić information content (AvgIpc) is 3.08. The topological polar surface area (TPSA) is 102 Å². The fourth-order valence-corrected chi connectivity index (χ4v) is 3.47. The van der Waals surface area contributed by atoms with Gasteiger partial charge in [-0.2, -0.15) is 0 Å². The number of benzene rings is 1. The van der Waals surface area contributed by atoms with Crippen LogP contribution < -0.4 is 11.4 Å². The van der Waals surface area contributed by atoms with Crippen LogP contribution in [0.15, 0.2) is 51.0 Å². The van der Waals surface area contributed by atoms with E-state index in [1.807, 2.05) is 17.5 Å². The summed E-state index contributed by atoms with van der Waals surface area (Å²) in [4.78, 5) is 21.0. The lowest BCUT2D eigenvalue weighted by atomic mass is 10.0. The van der Waals surface area contributed by atoms with Gasteiger partial charge in [-0.3, -0.25) is 0 Å². The number of hydrogen-bond acceptors (Lipinski definition) is 7. The molecule has 124 valence electrons. The predicted octanol–water partition coefficient (Wildman–Crippen LogP) is 3.57. The number of thiophene rings is 1. The molecule has 4 rings (SSSR count). The number of phenolic OH excluding ortho intramolecular Hbond substituents is 1. The van der Waals surface area contributed by atoms with Crippen molar-refractivity contribution in [3.8, 4) is 27.6 Å². The summed E-state index contributed by atoms with van der Waals surface area (Å²) >= 11 is 1.54.